The summed E-state index contributed by atoms with van der Waals surface area (Å²) >= 11 is 0. The number of morpholine rings is 1. The first-order valence-electron chi connectivity index (χ1n) is 12.4. The van der Waals surface area contributed by atoms with Gasteiger partial charge in [-0.25, -0.2) is 0 Å². The van der Waals surface area contributed by atoms with Crippen LogP contribution in [-0.2, 0) is 22.4 Å². The summed E-state index contributed by atoms with van der Waals surface area (Å²) in [7, 11) is 0. The van der Waals surface area contributed by atoms with E-state index in [1.165, 1.54) is 28.7 Å². The number of hydrogen-bond donors (Lipinski definition) is 0. The molecule has 1 aromatic rings. The third-order valence-electron chi connectivity index (χ3n) is 7.77. The lowest BCUT2D eigenvalue weighted by Crippen LogP contribution is -2.42. The van der Waals surface area contributed by atoms with Crippen LogP contribution < -0.4 is 4.74 Å². The maximum atomic E-state index is 13.1. The quantitative estimate of drug-likeness (QED) is 0.692. The number of carbonyl (C=O) groups is 1. The third kappa shape index (κ3) is 5.25. The van der Waals surface area contributed by atoms with Crippen molar-refractivity contribution in [1.82, 2.24) is 9.80 Å². The number of hydrogen-bond acceptors (Lipinski definition) is 4. The zero-order chi connectivity index (χ0) is 21.8. The Morgan fingerprint density at radius 2 is 1.87 bits per heavy atom. The number of likely N-dealkylation sites (tertiary alicyclic amines) is 1. The van der Waals surface area contributed by atoms with Crippen LogP contribution in [0.25, 0.3) is 0 Å². The Hall–Kier alpha value is -1.59. The Labute approximate surface area is 188 Å². The van der Waals surface area contributed by atoms with E-state index >= 15 is 0 Å². The Morgan fingerprint density at radius 3 is 2.61 bits per heavy atom. The standard InChI is InChI=1S/C26H40N2O3/c1-19-17-25(31-16-13-27-11-14-30-15-12-27)21(3)24-18-22(7-8-23(19)24)20(2)26(29)28-9-5-4-6-10-28/h17,20,22H,4-16,18H2,1-3H3/t20-,22+/m0/s1. The normalized spacial score (nSPS) is 23.3. The van der Waals surface area contributed by atoms with Crippen molar-refractivity contribution < 1.29 is 14.3 Å². The number of carbonyl (C=O) groups excluding carboxylic acids is 1. The van der Waals surface area contributed by atoms with E-state index in [2.05, 4.69) is 36.6 Å². The van der Waals surface area contributed by atoms with Crippen LogP contribution in [0.3, 0.4) is 0 Å². The topological polar surface area (TPSA) is 42.0 Å². The summed E-state index contributed by atoms with van der Waals surface area (Å²) in [6.07, 6.45) is 6.79. The van der Waals surface area contributed by atoms with Gasteiger partial charge in [-0.1, -0.05) is 6.92 Å². The van der Waals surface area contributed by atoms with Crippen molar-refractivity contribution in [3.05, 3.63) is 28.3 Å². The maximum Gasteiger partial charge on any atom is 0.225 e. The highest BCUT2D eigenvalue weighted by atomic mass is 16.5. The SMILES string of the molecule is Cc1cc(OCCN2CCOCC2)c(C)c2c1CC[C@@H]([C@H](C)C(=O)N1CCCCC1)C2. The molecule has 172 valence electrons. The molecule has 2 aliphatic heterocycles. The Morgan fingerprint density at radius 1 is 1.13 bits per heavy atom. The van der Waals surface area contributed by atoms with Crippen molar-refractivity contribution in [2.75, 3.05) is 52.5 Å². The van der Waals surface area contributed by atoms with E-state index in [-0.39, 0.29) is 5.92 Å². The molecule has 0 spiro atoms. The van der Waals surface area contributed by atoms with Gasteiger partial charge in [-0.05, 0) is 86.6 Å². The molecule has 2 saturated heterocycles. The van der Waals surface area contributed by atoms with Crippen molar-refractivity contribution in [2.24, 2.45) is 11.8 Å². The molecular formula is C26H40N2O3. The Kier molecular flexibility index (Phi) is 7.55. The van der Waals surface area contributed by atoms with E-state index in [0.717, 1.165) is 83.8 Å². The van der Waals surface area contributed by atoms with Gasteiger partial charge in [-0.15, -0.1) is 0 Å². The predicted octanol–water partition coefficient (Wildman–Crippen LogP) is 3.77. The van der Waals surface area contributed by atoms with E-state index < -0.39 is 0 Å². The minimum Gasteiger partial charge on any atom is -0.492 e. The number of fused-ring (bicyclic) bond motifs is 1. The van der Waals surface area contributed by atoms with E-state index in [0.29, 0.717) is 18.4 Å². The molecule has 1 amide bonds. The highest BCUT2D eigenvalue weighted by molar-refractivity contribution is 5.79. The molecule has 3 aliphatic rings. The zero-order valence-corrected chi connectivity index (χ0v) is 19.8. The van der Waals surface area contributed by atoms with Gasteiger partial charge in [0, 0.05) is 38.6 Å². The summed E-state index contributed by atoms with van der Waals surface area (Å²) in [4.78, 5) is 17.6. The lowest BCUT2D eigenvalue weighted by molar-refractivity contribution is -0.137. The second kappa shape index (κ2) is 10.4. The lowest BCUT2D eigenvalue weighted by Gasteiger charge is -2.35. The monoisotopic (exact) mass is 428 g/mol. The smallest absolute Gasteiger partial charge is 0.225 e. The van der Waals surface area contributed by atoms with Crippen molar-refractivity contribution in [3.63, 3.8) is 0 Å². The molecule has 4 rings (SSSR count). The molecule has 2 atom stereocenters. The van der Waals surface area contributed by atoms with Crippen molar-refractivity contribution in [1.29, 1.82) is 0 Å². The van der Waals surface area contributed by atoms with Crippen LogP contribution in [0.5, 0.6) is 5.75 Å². The number of rotatable bonds is 6. The Bertz CT molecular complexity index is 766. The van der Waals surface area contributed by atoms with Crippen LogP contribution >= 0.6 is 0 Å². The molecule has 1 aromatic carbocycles. The van der Waals surface area contributed by atoms with E-state index in [1.807, 2.05) is 0 Å². The maximum absolute atomic E-state index is 13.1. The van der Waals surface area contributed by atoms with Gasteiger partial charge in [-0.2, -0.15) is 0 Å². The summed E-state index contributed by atoms with van der Waals surface area (Å²) < 4.78 is 11.7. The van der Waals surface area contributed by atoms with Crippen molar-refractivity contribution in [2.45, 2.75) is 59.3 Å². The van der Waals surface area contributed by atoms with E-state index in [1.54, 1.807) is 0 Å². The molecule has 31 heavy (non-hydrogen) atoms. The summed E-state index contributed by atoms with van der Waals surface area (Å²) in [5.74, 6) is 1.95. The van der Waals surface area contributed by atoms with Crippen LogP contribution in [0.2, 0.25) is 0 Å². The molecular weight excluding hydrogens is 388 g/mol. The molecule has 0 bridgehead atoms. The van der Waals surface area contributed by atoms with Crippen LogP contribution in [0.4, 0.5) is 0 Å². The van der Waals surface area contributed by atoms with E-state index in [9.17, 15) is 4.79 Å². The average molecular weight is 429 g/mol. The van der Waals surface area contributed by atoms with Crippen LogP contribution in [0.1, 0.15) is 54.9 Å². The molecule has 2 fully saturated rings. The van der Waals surface area contributed by atoms with Gasteiger partial charge >= 0.3 is 0 Å². The number of piperidine rings is 1. The number of ether oxygens (including phenoxy) is 2. The first-order chi connectivity index (χ1) is 15.0. The van der Waals surface area contributed by atoms with Crippen molar-refractivity contribution >= 4 is 5.91 Å². The fourth-order valence-corrected chi connectivity index (χ4v) is 5.61. The van der Waals surface area contributed by atoms with Gasteiger partial charge in [0.05, 0.1) is 13.2 Å². The molecule has 1 aliphatic carbocycles. The third-order valence-corrected chi connectivity index (χ3v) is 7.77. The highest BCUT2D eigenvalue weighted by Gasteiger charge is 2.32. The van der Waals surface area contributed by atoms with Gasteiger partial charge in [0.2, 0.25) is 5.91 Å². The Balaban J connectivity index is 1.41. The number of aryl methyl sites for hydroxylation is 1. The molecule has 2 heterocycles. The predicted molar refractivity (Wildman–Crippen MR) is 124 cm³/mol. The fourth-order valence-electron chi connectivity index (χ4n) is 5.61. The first kappa shape index (κ1) is 22.6. The van der Waals surface area contributed by atoms with Crippen LogP contribution in [0.15, 0.2) is 6.07 Å². The zero-order valence-electron chi connectivity index (χ0n) is 19.8. The fraction of sp³-hybridized carbons (Fsp3) is 0.731. The largest absolute Gasteiger partial charge is 0.492 e. The minimum absolute atomic E-state index is 0.108. The molecule has 0 radical (unpaired) electrons. The number of nitrogens with zero attached hydrogens (tertiary/aromatic N) is 2. The highest BCUT2D eigenvalue weighted by Crippen LogP contribution is 2.38. The second-order valence-corrected chi connectivity index (χ2v) is 9.75. The molecule has 0 unspecified atom stereocenters. The summed E-state index contributed by atoms with van der Waals surface area (Å²) in [5.41, 5.74) is 5.56. The van der Waals surface area contributed by atoms with Gasteiger partial charge < -0.3 is 14.4 Å². The molecule has 5 nitrogen and oxygen atoms in total. The van der Waals surface area contributed by atoms with Crippen LogP contribution in [-0.4, -0.2) is 68.3 Å². The molecule has 0 aromatic heterocycles. The van der Waals surface area contributed by atoms with Crippen molar-refractivity contribution in [3.8, 4) is 5.75 Å². The average Bonchev–Trinajstić information content (AvgIpc) is 2.82. The van der Waals surface area contributed by atoms with Gasteiger partial charge in [0.25, 0.3) is 0 Å². The summed E-state index contributed by atoms with van der Waals surface area (Å²) in [5, 5.41) is 0. The molecule has 5 heteroatoms. The van der Waals surface area contributed by atoms with E-state index in [4.69, 9.17) is 9.47 Å². The summed E-state index contributed by atoms with van der Waals surface area (Å²) in [6, 6.07) is 2.23. The number of benzene rings is 1. The summed E-state index contributed by atoms with van der Waals surface area (Å²) in [6.45, 7) is 13.8. The second-order valence-electron chi connectivity index (χ2n) is 9.75. The minimum atomic E-state index is 0.108. The first-order valence-corrected chi connectivity index (χ1v) is 12.4. The van der Waals surface area contributed by atoms with Crippen LogP contribution in [0, 0.1) is 25.7 Å². The van der Waals surface area contributed by atoms with Gasteiger partial charge in [0.15, 0.2) is 0 Å². The molecule has 0 N–H and O–H groups in total. The molecule has 0 saturated carbocycles. The van der Waals surface area contributed by atoms with Gasteiger partial charge in [0.1, 0.15) is 12.4 Å². The van der Waals surface area contributed by atoms with Gasteiger partial charge in [-0.3, -0.25) is 9.69 Å². The number of amides is 1. The lowest BCUT2D eigenvalue weighted by atomic mass is 9.74.